The zero-order valence-electron chi connectivity index (χ0n) is 32.4. The summed E-state index contributed by atoms with van der Waals surface area (Å²) in [6, 6.07) is 32.4. The zero-order chi connectivity index (χ0) is 35.1. The Kier molecular flexibility index (Phi) is 5.77. The summed E-state index contributed by atoms with van der Waals surface area (Å²) in [6.45, 7) is 19.7. The predicted molar refractivity (Wildman–Crippen MR) is 213 cm³/mol. The van der Waals surface area contributed by atoms with E-state index in [-0.39, 0.29) is 27.1 Å². The van der Waals surface area contributed by atoms with E-state index in [2.05, 4.69) is 139 Å². The van der Waals surface area contributed by atoms with Crippen LogP contribution in [0.3, 0.4) is 0 Å². The van der Waals surface area contributed by atoms with Crippen LogP contribution < -0.4 is 4.90 Å². The second-order valence-corrected chi connectivity index (χ2v) is 21.2. The molecule has 0 aromatic heterocycles. The molecule has 262 valence electrons. The van der Waals surface area contributed by atoms with Crippen molar-refractivity contribution in [3.05, 3.63) is 112 Å². The van der Waals surface area contributed by atoms with Crippen molar-refractivity contribution in [2.24, 2.45) is 29.1 Å². The molecule has 6 unspecified atom stereocenters. The topological polar surface area (TPSA) is 3.24 Å². The van der Waals surface area contributed by atoms with Gasteiger partial charge in [-0.25, -0.2) is 0 Å². The zero-order valence-corrected chi connectivity index (χ0v) is 32.4. The molecule has 2 bridgehead atoms. The molecule has 6 atom stereocenters. The molecule has 7 aliphatic rings. The number of benzene rings is 4. The van der Waals surface area contributed by atoms with Gasteiger partial charge in [0.2, 0.25) is 0 Å². The fourth-order valence-electron chi connectivity index (χ4n) is 14.3. The fraction of sp³-hybridized carbons (Fsp3) is 0.520. The average Bonchev–Trinajstić information content (AvgIpc) is 3.73. The van der Waals surface area contributed by atoms with Gasteiger partial charge < -0.3 is 4.90 Å². The van der Waals surface area contributed by atoms with Crippen molar-refractivity contribution in [3.8, 4) is 11.1 Å². The van der Waals surface area contributed by atoms with Crippen LogP contribution in [0.25, 0.3) is 11.1 Å². The lowest BCUT2D eigenvalue weighted by Gasteiger charge is -2.76. The van der Waals surface area contributed by atoms with Crippen molar-refractivity contribution in [2.75, 3.05) is 4.90 Å². The quantitative estimate of drug-likeness (QED) is 0.209. The van der Waals surface area contributed by atoms with Crippen LogP contribution in [0.1, 0.15) is 140 Å². The smallest absolute Gasteiger partial charge is 0.0465 e. The van der Waals surface area contributed by atoms with E-state index in [0.717, 1.165) is 23.7 Å². The van der Waals surface area contributed by atoms with Crippen LogP contribution in [0.15, 0.2) is 78.9 Å². The van der Waals surface area contributed by atoms with E-state index in [9.17, 15) is 0 Å². The fourth-order valence-corrected chi connectivity index (χ4v) is 14.3. The summed E-state index contributed by atoms with van der Waals surface area (Å²) in [6.07, 6.45) is 10.9. The van der Waals surface area contributed by atoms with Crippen molar-refractivity contribution in [1.82, 2.24) is 0 Å². The normalized spacial score (nSPS) is 34.0. The van der Waals surface area contributed by atoms with E-state index < -0.39 is 0 Å². The molecule has 4 fully saturated rings. The number of rotatable bonds is 3. The van der Waals surface area contributed by atoms with E-state index in [1.54, 1.807) is 11.1 Å². The Morgan fingerprint density at radius 2 is 0.961 bits per heavy atom. The number of fused-ring (bicyclic) bond motifs is 10. The molecule has 0 radical (unpaired) electrons. The van der Waals surface area contributed by atoms with Gasteiger partial charge in [-0.05, 0) is 183 Å². The monoisotopic (exact) mass is 671 g/mol. The highest BCUT2D eigenvalue weighted by Crippen LogP contribution is 2.89. The SMILES string of the molecule is CC1(C)CCC(C)(C)c2cc(N(c3ccc4c(c3)C(C)(C)CCC4(C)C)c3ccc4c(c3)C3(c5ccccc5-4)C4CC5CC6CC3C64C5)ccc21. The lowest BCUT2D eigenvalue weighted by atomic mass is 9.27. The summed E-state index contributed by atoms with van der Waals surface area (Å²) < 4.78 is 0. The minimum atomic E-state index is 0.154. The minimum Gasteiger partial charge on any atom is -0.310 e. The summed E-state index contributed by atoms with van der Waals surface area (Å²) in [7, 11) is 0. The van der Waals surface area contributed by atoms with Crippen LogP contribution in [0.4, 0.5) is 17.1 Å². The molecule has 4 saturated carbocycles. The van der Waals surface area contributed by atoms with Gasteiger partial charge in [-0.1, -0.05) is 97.9 Å². The Labute approximate surface area is 307 Å². The molecule has 4 aromatic carbocycles. The molecule has 4 aromatic rings. The molecular weight excluding hydrogens is 615 g/mol. The summed E-state index contributed by atoms with van der Waals surface area (Å²) in [4.78, 5) is 2.66. The molecule has 1 heteroatoms. The molecule has 11 rings (SSSR count). The Morgan fingerprint density at radius 3 is 1.55 bits per heavy atom. The molecule has 2 spiro atoms. The second-order valence-electron chi connectivity index (χ2n) is 21.2. The van der Waals surface area contributed by atoms with Gasteiger partial charge in [0, 0.05) is 22.5 Å². The Balaban J connectivity index is 1.13. The molecule has 0 heterocycles. The number of hydrogen-bond donors (Lipinski definition) is 0. The molecule has 0 saturated heterocycles. The van der Waals surface area contributed by atoms with Crippen molar-refractivity contribution in [3.63, 3.8) is 0 Å². The third kappa shape index (κ3) is 3.65. The van der Waals surface area contributed by atoms with Gasteiger partial charge in [-0.3, -0.25) is 0 Å². The van der Waals surface area contributed by atoms with E-state index in [1.165, 1.54) is 102 Å². The van der Waals surface area contributed by atoms with Crippen molar-refractivity contribution in [2.45, 2.75) is 134 Å². The van der Waals surface area contributed by atoms with Gasteiger partial charge in [0.15, 0.2) is 0 Å². The van der Waals surface area contributed by atoms with Crippen LogP contribution in [0.5, 0.6) is 0 Å². The van der Waals surface area contributed by atoms with Gasteiger partial charge in [-0.2, -0.15) is 0 Å². The van der Waals surface area contributed by atoms with Crippen molar-refractivity contribution < 1.29 is 0 Å². The van der Waals surface area contributed by atoms with Gasteiger partial charge in [0.1, 0.15) is 0 Å². The highest BCUT2D eigenvalue weighted by molar-refractivity contribution is 5.88. The summed E-state index contributed by atoms with van der Waals surface area (Å²) >= 11 is 0. The molecule has 7 aliphatic carbocycles. The largest absolute Gasteiger partial charge is 0.310 e. The lowest BCUT2D eigenvalue weighted by Crippen LogP contribution is -2.73. The molecule has 0 aliphatic heterocycles. The average molecular weight is 672 g/mol. The van der Waals surface area contributed by atoms with E-state index in [0.29, 0.717) is 5.41 Å². The second kappa shape index (κ2) is 9.42. The van der Waals surface area contributed by atoms with E-state index in [4.69, 9.17) is 0 Å². The highest BCUT2D eigenvalue weighted by atomic mass is 15.1. The maximum absolute atomic E-state index is 2.70. The third-order valence-corrected chi connectivity index (χ3v) is 17.1. The Bertz CT molecular complexity index is 2100. The summed E-state index contributed by atoms with van der Waals surface area (Å²) in [5.41, 5.74) is 18.0. The van der Waals surface area contributed by atoms with Crippen molar-refractivity contribution in [1.29, 1.82) is 0 Å². The van der Waals surface area contributed by atoms with E-state index >= 15 is 0 Å². The van der Waals surface area contributed by atoms with Crippen LogP contribution in [0.2, 0.25) is 0 Å². The lowest BCUT2D eigenvalue weighted by molar-refractivity contribution is -0.231. The van der Waals surface area contributed by atoms with Crippen LogP contribution in [0, 0.1) is 29.1 Å². The first-order valence-corrected chi connectivity index (χ1v) is 20.5. The molecule has 0 amide bonds. The van der Waals surface area contributed by atoms with E-state index in [1.807, 2.05) is 0 Å². The number of nitrogens with zero attached hydrogens (tertiary/aromatic N) is 1. The van der Waals surface area contributed by atoms with Gasteiger partial charge >= 0.3 is 0 Å². The molecule has 1 nitrogen and oxygen atoms in total. The maximum Gasteiger partial charge on any atom is 0.0465 e. The Hall–Kier alpha value is -3.32. The minimum absolute atomic E-state index is 0.154. The predicted octanol–water partition coefficient (Wildman–Crippen LogP) is 13.2. The van der Waals surface area contributed by atoms with Gasteiger partial charge in [0.05, 0.1) is 0 Å². The maximum atomic E-state index is 2.70. The molecular formula is C50H57N. The first-order valence-electron chi connectivity index (χ1n) is 20.5. The summed E-state index contributed by atoms with van der Waals surface area (Å²) in [5, 5.41) is 0. The van der Waals surface area contributed by atoms with Crippen LogP contribution in [-0.4, -0.2) is 0 Å². The number of anilines is 3. The first kappa shape index (κ1) is 31.2. The molecule has 0 N–H and O–H groups in total. The summed E-state index contributed by atoms with van der Waals surface area (Å²) in [5.74, 6) is 3.60. The van der Waals surface area contributed by atoms with Gasteiger partial charge in [-0.15, -0.1) is 0 Å². The third-order valence-electron chi connectivity index (χ3n) is 17.1. The van der Waals surface area contributed by atoms with Crippen molar-refractivity contribution >= 4 is 17.1 Å². The standard InChI is InChI=1S/C50H57N/c1-45(2)19-21-47(5,6)41-27-33(14-17-38(41)45)51(34-15-18-39-42(28-34)48(7,8)22-20-46(39,3)4)32-13-16-36-35-11-9-10-12-37(35)50(40(36)26-32)43-24-30-23-31-25-44(50)49(31,43)29-30/h9-18,26-28,30-31,43-44H,19-25,29H2,1-8H3. The highest BCUT2D eigenvalue weighted by Gasteiger charge is 2.84. The first-order chi connectivity index (χ1) is 24.2. The molecule has 51 heavy (non-hydrogen) atoms. The number of hydrogen-bond acceptors (Lipinski definition) is 1. The van der Waals surface area contributed by atoms with Gasteiger partial charge in [0.25, 0.3) is 0 Å². The van der Waals surface area contributed by atoms with Crippen LogP contribution in [-0.2, 0) is 27.1 Å². The Morgan fingerprint density at radius 1 is 0.471 bits per heavy atom. The van der Waals surface area contributed by atoms with Crippen LogP contribution >= 0.6 is 0 Å².